The van der Waals surface area contributed by atoms with Crippen LogP contribution in [0.25, 0.3) is 11.1 Å². The number of hydrogen-bond donors (Lipinski definition) is 2. The Morgan fingerprint density at radius 2 is 2.00 bits per heavy atom. The van der Waals surface area contributed by atoms with Crippen LogP contribution in [0.3, 0.4) is 0 Å². The molecule has 37 heavy (non-hydrogen) atoms. The number of hydrogen-bond acceptors (Lipinski definition) is 8. The Balaban J connectivity index is 1.49. The number of carbonyl (C=O) groups excluding carboxylic acids is 1. The van der Waals surface area contributed by atoms with E-state index in [2.05, 4.69) is 20.4 Å². The molecule has 0 amide bonds. The van der Waals surface area contributed by atoms with Crippen molar-refractivity contribution in [1.29, 1.82) is 0 Å². The predicted molar refractivity (Wildman–Crippen MR) is 127 cm³/mol. The van der Waals surface area contributed by atoms with Gasteiger partial charge in [-0.1, -0.05) is 0 Å². The smallest absolute Gasteiger partial charge is 0.408 e. The summed E-state index contributed by atoms with van der Waals surface area (Å²) in [6.45, 7) is 2.86. The minimum absolute atomic E-state index is 0.217. The second-order valence-corrected chi connectivity index (χ2v) is 9.66. The van der Waals surface area contributed by atoms with Crippen molar-refractivity contribution >= 4 is 23.3 Å². The van der Waals surface area contributed by atoms with Gasteiger partial charge in [0.2, 0.25) is 0 Å². The molecule has 2 aliphatic rings. The number of nitrogens with one attached hydrogen (secondary N) is 1. The van der Waals surface area contributed by atoms with Crippen molar-refractivity contribution in [3.05, 3.63) is 48.0 Å². The third kappa shape index (κ3) is 5.08. The van der Waals surface area contributed by atoms with Crippen LogP contribution in [0.2, 0.25) is 0 Å². The van der Waals surface area contributed by atoms with Crippen LogP contribution in [0.5, 0.6) is 0 Å². The van der Waals surface area contributed by atoms with Gasteiger partial charge in [-0.3, -0.25) is 4.68 Å². The summed E-state index contributed by atoms with van der Waals surface area (Å²) in [6, 6.07) is 4.25. The Bertz CT molecular complexity index is 1340. The number of rotatable bonds is 5. The first-order valence-corrected chi connectivity index (χ1v) is 11.7. The van der Waals surface area contributed by atoms with Crippen LogP contribution in [0.4, 0.5) is 34.9 Å². The van der Waals surface area contributed by atoms with Crippen LogP contribution < -0.4 is 16.0 Å². The van der Waals surface area contributed by atoms with E-state index in [4.69, 9.17) is 10.5 Å². The van der Waals surface area contributed by atoms with Crippen LogP contribution in [-0.4, -0.2) is 57.2 Å². The van der Waals surface area contributed by atoms with Crippen molar-refractivity contribution < 1.29 is 27.1 Å². The van der Waals surface area contributed by atoms with Gasteiger partial charge in [0, 0.05) is 48.4 Å². The van der Waals surface area contributed by atoms with Crippen molar-refractivity contribution in [3.8, 4) is 11.1 Å². The third-order valence-corrected chi connectivity index (χ3v) is 6.37. The molecule has 2 aliphatic heterocycles. The fourth-order valence-corrected chi connectivity index (χ4v) is 4.56. The number of esters is 1. The van der Waals surface area contributed by atoms with Crippen LogP contribution in [0.1, 0.15) is 36.3 Å². The van der Waals surface area contributed by atoms with Crippen LogP contribution in [-0.2, 0) is 16.9 Å². The zero-order chi connectivity index (χ0) is 26.5. The molecule has 5 rings (SSSR count). The van der Waals surface area contributed by atoms with E-state index in [0.29, 0.717) is 46.3 Å². The molecule has 0 saturated carbocycles. The largest absolute Gasteiger partial charge is 0.449 e. The minimum atomic E-state index is -4.42. The zero-order valence-electron chi connectivity index (χ0n) is 20.1. The maximum absolute atomic E-state index is 14.1. The summed E-state index contributed by atoms with van der Waals surface area (Å²) in [4.78, 5) is 22.9. The highest BCUT2D eigenvalue weighted by Crippen LogP contribution is 2.37. The number of nitrogens with two attached hydrogens (primary N) is 1. The van der Waals surface area contributed by atoms with E-state index in [-0.39, 0.29) is 13.0 Å². The SMILES string of the molecule is CC1(C)OC(=O)c2ccc(Nc3cc(N4CC[C@H](F)[C@H](N)C4)c(-c4cnn(CC(F)(F)F)c4)cn3)nc21. The van der Waals surface area contributed by atoms with Crippen molar-refractivity contribution in [2.24, 2.45) is 5.73 Å². The molecule has 0 radical (unpaired) electrons. The van der Waals surface area contributed by atoms with E-state index >= 15 is 0 Å². The maximum atomic E-state index is 14.1. The predicted octanol–water partition coefficient (Wildman–Crippen LogP) is 3.93. The van der Waals surface area contributed by atoms with Gasteiger partial charge in [-0.15, -0.1) is 0 Å². The number of nitrogens with zero attached hydrogens (tertiary/aromatic N) is 5. The lowest BCUT2D eigenvalue weighted by molar-refractivity contribution is -0.142. The fourth-order valence-electron chi connectivity index (χ4n) is 4.56. The number of cyclic esters (lactones) is 1. The minimum Gasteiger partial charge on any atom is -0.449 e. The lowest BCUT2D eigenvalue weighted by Gasteiger charge is -2.35. The lowest BCUT2D eigenvalue weighted by atomic mass is 10.0. The second kappa shape index (κ2) is 8.98. The number of carbonyl (C=O) groups is 1. The molecule has 5 heterocycles. The first-order valence-electron chi connectivity index (χ1n) is 11.7. The molecule has 1 fully saturated rings. The Morgan fingerprint density at radius 1 is 1.22 bits per heavy atom. The number of halogens is 4. The topological polar surface area (TPSA) is 111 Å². The van der Waals surface area contributed by atoms with Gasteiger partial charge in [-0.25, -0.2) is 19.2 Å². The van der Waals surface area contributed by atoms with Crippen LogP contribution in [0.15, 0.2) is 36.8 Å². The number of fused-ring (bicyclic) bond motifs is 1. The molecule has 2 atom stereocenters. The summed E-state index contributed by atoms with van der Waals surface area (Å²) < 4.78 is 58.8. The summed E-state index contributed by atoms with van der Waals surface area (Å²) in [5.41, 5.74) is 7.56. The molecular formula is C24H25F4N7O2. The average Bonchev–Trinajstić information content (AvgIpc) is 3.35. The van der Waals surface area contributed by atoms with E-state index in [0.717, 1.165) is 4.68 Å². The second-order valence-electron chi connectivity index (χ2n) is 9.66. The van der Waals surface area contributed by atoms with Gasteiger partial charge in [-0.05, 0) is 32.4 Å². The summed E-state index contributed by atoms with van der Waals surface area (Å²) >= 11 is 0. The monoisotopic (exact) mass is 519 g/mol. The van der Waals surface area contributed by atoms with Crippen LogP contribution in [0, 0.1) is 0 Å². The first-order chi connectivity index (χ1) is 17.4. The molecule has 3 N–H and O–H groups in total. The molecule has 9 nitrogen and oxygen atoms in total. The average molecular weight is 520 g/mol. The Kier molecular flexibility index (Phi) is 6.05. The summed E-state index contributed by atoms with van der Waals surface area (Å²) in [7, 11) is 0. The number of aromatic nitrogens is 4. The molecular weight excluding hydrogens is 494 g/mol. The molecule has 13 heteroatoms. The molecule has 196 valence electrons. The number of ether oxygens (including phenoxy) is 1. The number of anilines is 3. The number of alkyl halides is 4. The molecule has 0 unspecified atom stereocenters. The molecule has 3 aromatic rings. The van der Waals surface area contributed by atoms with Crippen LogP contribution >= 0.6 is 0 Å². The maximum Gasteiger partial charge on any atom is 0.408 e. The standard InChI is InChI=1S/C24H25F4N7O2/c1-23(2)21-14(22(36)37-23)3-4-19(33-21)32-20-7-18(34-6-5-16(25)17(29)11-34)15(9-30-20)13-8-31-35(10-13)12-24(26,27)28/h3-4,7-10,16-17H,5-6,11-12,29H2,1-2H3,(H,30,32,33)/t16-,17+/m0/s1. The Hall–Kier alpha value is -3.74. The van der Waals surface area contributed by atoms with Gasteiger partial charge in [0.1, 0.15) is 35.6 Å². The van der Waals surface area contributed by atoms with Crippen molar-refractivity contribution in [3.63, 3.8) is 0 Å². The molecule has 0 aliphatic carbocycles. The van der Waals surface area contributed by atoms with Crippen molar-refractivity contribution in [2.45, 2.75) is 50.8 Å². The molecule has 3 aromatic heterocycles. The van der Waals surface area contributed by atoms with Gasteiger partial charge in [-0.2, -0.15) is 18.3 Å². The van der Waals surface area contributed by atoms with Gasteiger partial charge in [0.15, 0.2) is 0 Å². The summed E-state index contributed by atoms with van der Waals surface area (Å²) in [5.74, 6) is 0.379. The van der Waals surface area contributed by atoms with E-state index in [9.17, 15) is 22.4 Å². The van der Waals surface area contributed by atoms with Gasteiger partial charge in [0.25, 0.3) is 0 Å². The highest BCUT2D eigenvalue weighted by Gasteiger charge is 2.39. The normalized spacial score (nSPS) is 21.1. The van der Waals surface area contributed by atoms with E-state index in [1.165, 1.54) is 18.6 Å². The number of pyridine rings is 2. The van der Waals surface area contributed by atoms with E-state index in [1.807, 2.05) is 4.90 Å². The Morgan fingerprint density at radius 3 is 2.73 bits per heavy atom. The third-order valence-electron chi connectivity index (χ3n) is 6.37. The molecule has 0 bridgehead atoms. The van der Waals surface area contributed by atoms with Gasteiger partial charge < -0.3 is 20.7 Å². The highest BCUT2D eigenvalue weighted by atomic mass is 19.4. The first kappa shape index (κ1) is 24.9. The van der Waals surface area contributed by atoms with E-state index in [1.54, 1.807) is 32.0 Å². The highest BCUT2D eigenvalue weighted by molar-refractivity contribution is 5.94. The fraction of sp³-hybridized carbons (Fsp3) is 0.417. The van der Waals surface area contributed by atoms with E-state index < -0.39 is 36.5 Å². The summed E-state index contributed by atoms with van der Waals surface area (Å²) in [5, 5.41) is 6.95. The van der Waals surface area contributed by atoms with Crippen molar-refractivity contribution in [1.82, 2.24) is 19.7 Å². The van der Waals surface area contributed by atoms with Gasteiger partial charge >= 0.3 is 12.1 Å². The Labute approximate surface area is 209 Å². The van der Waals surface area contributed by atoms with Gasteiger partial charge in [0.05, 0.1) is 17.8 Å². The zero-order valence-corrected chi connectivity index (χ0v) is 20.1. The quantitative estimate of drug-likeness (QED) is 0.386. The molecule has 0 aromatic carbocycles. The van der Waals surface area contributed by atoms with Crippen molar-refractivity contribution in [2.75, 3.05) is 23.3 Å². The summed E-state index contributed by atoms with van der Waals surface area (Å²) in [6.07, 6.45) is -1.19. The number of piperidine rings is 1. The lowest BCUT2D eigenvalue weighted by Crippen LogP contribution is -2.49. The molecule has 1 saturated heterocycles. The molecule has 0 spiro atoms.